The molecular formula is C9H13NO3. The van der Waals surface area contributed by atoms with Gasteiger partial charge < -0.3 is 15.1 Å². The monoisotopic (exact) mass is 183 g/mol. The molecule has 0 fully saturated rings. The van der Waals surface area contributed by atoms with Gasteiger partial charge in [0.2, 0.25) is 0 Å². The number of nitrogens with zero attached hydrogens (tertiary/aromatic N) is 1. The second-order valence-corrected chi connectivity index (χ2v) is 2.81. The lowest BCUT2D eigenvalue weighted by atomic mass is 10.2. The first-order chi connectivity index (χ1) is 6.13. The number of methoxy groups -OCH3 is 1. The van der Waals surface area contributed by atoms with Gasteiger partial charge in [-0.2, -0.15) is 5.06 Å². The van der Waals surface area contributed by atoms with E-state index in [1.807, 2.05) is 0 Å². The molecule has 0 aliphatic heterocycles. The number of aromatic hydroxyl groups is 1. The summed E-state index contributed by atoms with van der Waals surface area (Å²) in [6.45, 7) is 0.365. The minimum absolute atomic E-state index is 0.154. The average molecular weight is 183 g/mol. The summed E-state index contributed by atoms with van der Waals surface area (Å²) < 4.78 is 5.03. The molecule has 0 saturated carbocycles. The van der Waals surface area contributed by atoms with Gasteiger partial charge in [-0.1, -0.05) is 6.07 Å². The maximum atomic E-state index is 9.15. The largest absolute Gasteiger partial charge is 0.508 e. The minimum atomic E-state index is 0.154. The topological polar surface area (TPSA) is 52.9 Å². The molecule has 0 aromatic heterocycles. The van der Waals surface area contributed by atoms with Crippen molar-refractivity contribution < 1.29 is 15.1 Å². The molecule has 1 aromatic carbocycles. The zero-order valence-electron chi connectivity index (χ0n) is 7.69. The number of hydroxylamine groups is 2. The fourth-order valence-electron chi connectivity index (χ4n) is 1.11. The third-order valence-corrected chi connectivity index (χ3v) is 1.67. The van der Waals surface area contributed by atoms with Crippen LogP contribution in [0.4, 0.5) is 0 Å². The van der Waals surface area contributed by atoms with Crippen molar-refractivity contribution in [1.29, 1.82) is 0 Å². The van der Waals surface area contributed by atoms with E-state index in [2.05, 4.69) is 0 Å². The van der Waals surface area contributed by atoms with Crippen LogP contribution in [0.3, 0.4) is 0 Å². The first-order valence-electron chi connectivity index (χ1n) is 3.89. The Morgan fingerprint density at radius 1 is 1.46 bits per heavy atom. The molecule has 2 N–H and O–H groups in total. The van der Waals surface area contributed by atoms with Crippen LogP contribution in [0, 0.1) is 0 Å². The molecule has 4 heteroatoms. The van der Waals surface area contributed by atoms with Crippen LogP contribution >= 0.6 is 0 Å². The maximum Gasteiger partial charge on any atom is 0.127 e. The second-order valence-electron chi connectivity index (χ2n) is 2.81. The third kappa shape index (κ3) is 2.61. The smallest absolute Gasteiger partial charge is 0.127 e. The van der Waals surface area contributed by atoms with Gasteiger partial charge >= 0.3 is 0 Å². The van der Waals surface area contributed by atoms with Gasteiger partial charge in [-0.05, 0) is 6.07 Å². The third-order valence-electron chi connectivity index (χ3n) is 1.67. The number of phenolic OH excluding ortho intramolecular Hbond substituents is 1. The Kier molecular flexibility index (Phi) is 3.11. The molecular weight excluding hydrogens is 170 g/mol. The summed E-state index contributed by atoms with van der Waals surface area (Å²) in [5.74, 6) is 0.724. The van der Waals surface area contributed by atoms with Crippen LogP contribution in [0.2, 0.25) is 0 Å². The van der Waals surface area contributed by atoms with E-state index >= 15 is 0 Å². The predicted octanol–water partition coefficient (Wildman–Crippen LogP) is 1.22. The van der Waals surface area contributed by atoms with Gasteiger partial charge in [0, 0.05) is 18.7 Å². The Morgan fingerprint density at radius 2 is 2.15 bits per heavy atom. The predicted molar refractivity (Wildman–Crippen MR) is 47.9 cm³/mol. The SMILES string of the molecule is COc1cc(O)ccc1CN(C)O. The Hall–Kier alpha value is -1.26. The quantitative estimate of drug-likeness (QED) is 0.692. The van der Waals surface area contributed by atoms with Crippen LogP contribution in [0.15, 0.2) is 18.2 Å². The number of phenols is 1. The van der Waals surface area contributed by atoms with Crippen LogP contribution in [-0.4, -0.2) is 29.5 Å². The van der Waals surface area contributed by atoms with Crippen LogP contribution in [0.5, 0.6) is 11.5 Å². The molecule has 72 valence electrons. The van der Waals surface area contributed by atoms with Crippen molar-refractivity contribution in [1.82, 2.24) is 5.06 Å². The van der Waals surface area contributed by atoms with Gasteiger partial charge in [-0.25, -0.2) is 0 Å². The van der Waals surface area contributed by atoms with E-state index in [-0.39, 0.29) is 5.75 Å². The summed E-state index contributed by atoms with van der Waals surface area (Å²) >= 11 is 0. The molecule has 0 spiro atoms. The van der Waals surface area contributed by atoms with Crippen molar-refractivity contribution in [3.05, 3.63) is 23.8 Å². The van der Waals surface area contributed by atoms with Crippen molar-refractivity contribution in [2.24, 2.45) is 0 Å². The van der Waals surface area contributed by atoms with Crippen molar-refractivity contribution >= 4 is 0 Å². The molecule has 1 rings (SSSR count). The second kappa shape index (κ2) is 4.11. The first-order valence-corrected chi connectivity index (χ1v) is 3.89. The molecule has 0 saturated heterocycles. The van der Waals surface area contributed by atoms with Gasteiger partial charge in [-0.15, -0.1) is 0 Å². The fourth-order valence-corrected chi connectivity index (χ4v) is 1.11. The highest BCUT2D eigenvalue weighted by Crippen LogP contribution is 2.24. The zero-order valence-corrected chi connectivity index (χ0v) is 7.69. The average Bonchev–Trinajstić information content (AvgIpc) is 2.07. The molecule has 0 atom stereocenters. The van der Waals surface area contributed by atoms with Crippen molar-refractivity contribution in [3.63, 3.8) is 0 Å². The first kappa shape index (κ1) is 9.83. The molecule has 1 aromatic rings. The van der Waals surface area contributed by atoms with Crippen LogP contribution in [-0.2, 0) is 6.54 Å². The number of hydrogen-bond donors (Lipinski definition) is 2. The molecule has 0 heterocycles. The molecule has 4 nitrogen and oxygen atoms in total. The van der Waals surface area contributed by atoms with Crippen molar-refractivity contribution in [2.45, 2.75) is 6.54 Å². The van der Waals surface area contributed by atoms with Gasteiger partial charge in [0.05, 0.1) is 13.7 Å². The molecule has 0 radical (unpaired) electrons. The van der Waals surface area contributed by atoms with Gasteiger partial charge in [-0.3, -0.25) is 0 Å². The lowest BCUT2D eigenvalue weighted by Crippen LogP contribution is -2.12. The summed E-state index contributed by atoms with van der Waals surface area (Å²) in [7, 11) is 3.07. The lowest BCUT2D eigenvalue weighted by Gasteiger charge is -2.11. The van der Waals surface area contributed by atoms with Gasteiger partial charge in [0.1, 0.15) is 11.5 Å². The standard InChI is InChI=1S/C9H13NO3/c1-10(12)6-7-3-4-8(11)5-9(7)13-2/h3-5,11-12H,6H2,1-2H3. The van der Waals surface area contributed by atoms with Crippen molar-refractivity contribution in [3.8, 4) is 11.5 Å². The summed E-state index contributed by atoms with van der Waals surface area (Å²) in [5.41, 5.74) is 0.824. The highest BCUT2D eigenvalue weighted by molar-refractivity contribution is 5.39. The van der Waals surface area contributed by atoms with E-state index in [0.717, 1.165) is 10.6 Å². The number of rotatable bonds is 3. The summed E-state index contributed by atoms with van der Waals surface area (Å²) in [6, 6.07) is 4.78. The number of benzene rings is 1. The van der Waals surface area contributed by atoms with E-state index in [0.29, 0.717) is 12.3 Å². The Bertz CT molecular complexity index is 286. The van der Waals surface area contributed by atoms with Gasteiger partial charge in [0.15, 0.2) is 0 Å². The van der Waals surface area contributed by atoms with Crippen molar-refractivity contribution in [2.75, 3.05) is 14.2 Å². The summed E-state index contributed by atoms with van der Waals surface area (Å²) in [6.07, 6.45) is 0. The molecule has 0 unspecified atom stereocenters. The fraction of sp³-hybridized carbons (Fsp3) is 0.333. The summed E-state index contributed by atoms with van der Waals surface area (Å²) in [5, 5.41) is 19.2. The maximum absolute atomic E-state index is 9.15. The summed E-state index contributed by atoms with van der Waals surface area (Å²) in [4.78, 5) is 0. The van der Waals surface area contributed by atoms with E-state index < -0.39 is 0 Å². The highest BCUT2D eigenvalue weighted by atomic mass is 16.5. The molecule has 0 bridgehead atoms. The molecule has 13 heavy (non-hydrogen) atoms. The zero-order chi connectivity index (χ0) is 9.84. The van der Waals surface area contributed by atoms with Crippen LogP contribution in [0.25, 0.3) is 0 Å². The van der Waals surface area contributed by atoms with Gasteiger partial charge in [0.25, 0.3) is 0 Å². The lowest BCUT2D eigenvalue weighted by molar-refractivity contribution is -0.0735. The number of ether oxygens (including phenoxy) is 1. The number of hydrogen-bond acceptors (Lipinski definition) is 4. The molecule has 0 aliphatic carbocycles. The van der Waals surface area contributed by atoms with Crippen LogP contribution < -0.4 is 4.74 Å². The minimum Gasteiger partial charge on any atom is -0.508 e. The molecule has 0 aliphatic rings. The Labute approximate surface area is 76.9 Å². The van der Waals surface area contributed by atoms with E-state index in [1.54, 1.807) is 19.2 Å². The van der Waals surface area contributed by atoms with Crippen LogP contribution in [0.1, 0.15) is 5.56 Å². The Balaban J connectivity index is 2.92. The van der Waals surface area contributed by atoms with E-state index in [9.17, 15) is 0 Å². The normalized spacial score (nSPS) is 10.5. The molecule has 0 amide bonds. The van der Waals surface area contributed by atoms with E-state index in [1.165, 1.54) is 13.2 Å². The van der Waals surface area contributed by atoms with E-state index in [4.69, 9.17) is 15.1 Å². The Morgan fingerprint density at radius 3 is 2.69 bits per heavy atom. The highest BCUT2D eigenvalue weighted by Gasteiger charge is 2.05.